The van der Waals surface area contributed by atoms with Crippen molar-refractivity contribution in [3.05, 3.63) is 95.3 Å². The third-order valence-electron chi connectivity index (χ3n) is 4.83. The summed E-state index contributed by atoms with van der Waals surface area (Å²) < 4.78 is 19.2. The van der Waals surface area contributed by atoms with E-state index in [2.05, 4.69) is 10.2 Å². The molecule has 30 heavy (non-hydrogen) atoms. The van der Waals surface area contributed by atoms with E-state index in [-0.39, 0.29) is 11.7 Å². The number of aryl methyl sites for hydroxylation is 1. The van der Waals surface area contributed by atoms with Gasteiger partial charge in [0.15, 0.2) is 0 Å². The van der Waals surface area contributed by atoms with Gasteiger partial charge >= 0.3 is 0 Å². The number of aromatic nitrogens is 2. The Bertz CT molecular complexity index is 1190. The maximum absolute atomic E-state index is 13.4. The Kier molecular flexibility index (Phi) is 5.39. The zero-order valence-electron chi connectivity index (χ0n) is 16.7. The van der Waals surface area contributed by atoms with Crippen molar-refractivity contribution in [2.24, 2.45) is 0 Å². The number of carbonyl (C=O) groups is 1. The second kappa shape index (κ2) is 8.29. The number of rotatable bonds is 5. The molecule has 0 saturated carbocycles. The van der Waals surface area contributed by atoms with Crippen molar-refractivity contribution >= 4 is 5.91 Å². The number of nitrogens with zero attached hydrogens (tertiary/aromatic N) is 3. The molecule has 1 heterocycles. The van der Waals surface area contributed by atoms with Crippen LogP contribution in [0.3, 0.4) is 0 Å². The summed E-state index contributed by atoms with van der Waals surface area (Å²) in [4.78, 5) is 14.2. The molecule has 0 atom stereocenters. The van der Waals surface area contributed by atoms with Gasteiger partial charge in [0.05, 0.1) is 0 Å². The van der Waals surface area contributed by atoms with Crippen molar-refractivity contribution in [3.8, 4) is 22.9 Å². The molecule has 150 valence electrons. The van der Waals surface area contributed by atoms with Crippen LogP contribution in [0.1, 0.15) is 21.5 Å². The smallest absolute Gasteiger partial charge is 0.253 e. The molecule has 0 saturated heterocycles. The number of amides is 1. The highest BCUT2D eigenvalue weighted by atomic mass is 19.1. The molecule has 0 bridgehead atoms. The van der Waals surface area contributed by atoms with Crippen molar-refractivity contribution in [2.75, 3.05) is 7.05 Å². The first-order chi connectivity index (χ1) is 14.5. The lowest BCUT2D eigenvalue weighted by Crippen LogP contribution is -2.26. The van der Waals surface area contributed by atoms with Gasteiger partial charge in [-0.25, -0.2) is 4.39 Å². The minimum absolute atomic E-state index is 0.156. The van der Waals surface area contributed by atoms with Gasteiger partial charge in [0.25, 0.3) is 5.91 Å². The van der Waals surface area contributed by atoms with E-state index < -0.39 is 0 Å². The van der Waals surface area contributed by atoms with E-state index in [4.69, 9.17) is 4.42 Å². The van der Waals surface area contributed by atoms with E-state index in [0.29, 0.717) is 23.9 Å². The van der Waals surface area contributed by atoms with Crippen molar-refractivity contribution in [3.63, 3.8) is 0 Å². The topological polar surface area (TPSA) is 59.2 Å². The molecule has 0 N–H and O–H groups in total. The summed E-state index contributed by atoms with van der Waals surface area (Å²) >= 11 is 0. The predicted molar refractivity (Wildman–Crippen MR) is 112 cm³/mol. The molecule has 0 radical (unpaired) electrons. The van der Waals surface area contributed by atoms with Crippen LogP contribution in [-0.4, -0.2) is 28.1 Å². The van der Waals surface area contributed by atoms with E-state index in [1.165, 1.54) is 12.1 Å². The van der Waals surface area contributed by atoms with Crippen LogP contribution in [-0.2, 0) is 6.54 Å². The summed E-state index contributed by atoms with van der Waals surface area (Å²) in [5.41, 5.74) is 3.93. The Labute approximate surface area is 173 Å². The van der Waals surface area contributed by atoms with Crippen LogP contribution in [0.15, 0.2) is 77.2 Å². The lowest BCUT2D eigenvalue weighted by Gasteiger charge is -2.17. The summed E-state index contributed by atoms with van der Waals surface area (Å²) in [5, 5.41) is 8.27. The van der Waals surface area contributed by atoms with E-state index in [9.17, 15) is 9.18 Å². The van der Waals surface area contributed by atoms with Crippen LogP contribution >= 0.6 is 0 Å². The molecule has 1 amide bonds. The number of benzene rings is 3. The molecule has 6 heteroatoms. The molecule has 0 fully saturated rings. The first kappa shape index (κ1) is 19.5. The van der Waals surface area contributed by atoms with Gasteiger partial charge < -0.3 is 9.32 Å². The SMILES string of the molecule is Cc1ccccc1-c1nnc(-c2ccc(C(=O)N(C)Cc3cccc(F)c3)cc2)o1. The predicted octanol–water partition coefficient (Wildman–Crippen LogP) is 5.12. The summed E-state index contributed by atoms with van der Waals surface area (Å²) in [5.74, 6) is 0.373. The van der Waals surface area contributed by atoms with E-state index in [0.717, 1.165) is 22.3 Å². The first-order valence-electron chi connectivity index (χ1n) is 9.51. The molecule has 0 aliphatic heterocycles. The Morgan fingerprint density at radius 3 is 2.43 bits per heavy atom. The van der Waals surface area contributed by atoms with Gasteiger partial charge in [-0.2, -0.15) is 0 Å². The molecule has 0 aliphatic carbocycles. The summed E-state index contributed by atoms with van der Waals surface area (Å²) in [6.07, 6.45) is 0. The molecule has 0 unspecified atom stereocenters. The Balaban J connectivity index is 1.49. The quantitative estimate of drug-likeness (QED) is 0.466. The zero-order valence-corrected chi connectivity index (χ0v) is 16.7. The summed E-state index contributed by atoms with van der Waals surface area (Å²) in [6.45, 7) is 2.31. The van der Waals surface area contributed by atoms with Crippen molar-refractivity contribution in [1.29, 1.82) is 0 Å². The molecular weight excluding hydrogens is 381 g/mol. The largest absolute Gasteiger partial charge is 0.416 e. The molecule has 4 rings (SSSR count). The maximum atomic E-state index is 13.4. The molecule has 5 nitrogen and oxygen atoms in total. The fourth-order valence-electron chi connectivity index (χ4n) is 3.22. The average molecular weight is 401 g/mol. The monoisotopic (exact) mass is 401 g/mol. The van der Waals surface area contributed by atoms with E-state index in [1.54, 1.807) is 48.3 Å². The molecule has 0 aliphatic rings. The second-order valence-corrected chi connectivity index (χ2v) is 7.10. The van der Waals surface area contributed by atoms with Gasteiger partial charge in [0, 0.05) is 30.3 Å². The van der Waals surface area contributed by atoms with Crippen LogP contribution in [0, 0.1) is 12.7 Å². The highest BCUT2D eigenvalue weighted by Gasteiger charge is 2.15. The third kappa shape index (κ3) is 4.12. The number of hydrogen-bond acceptors (Lipinski definition) is 4. The standard InChI is InChI=1S/C24H20FN3O2/c1-16-6-3-4-9-21(16)23-27-26-22(30-23)18-10-12-19(13-11-18)24(29)28(2)15-17-7-5-8-20(25)14-17/h3-14H,15H2,1-2H3. The lowest BCUT2D eigenvalue weighted by molar-refractivity contribution is 0.0785. The van der Waals surface area contributed by atoms with Gasteiger partial charge in [-0.05, 0) is 60.5 Å². The van der Waals surface area contributed by atoms with Crippen molar-refractivity contribution < 1.29 is 13.6 Å². The van der Waals surface area contributed by atoms with Crippen LogP contribution in [0.25, 0.3) is 22.9 Å². The number of hydrogen-bond donors (Lipinski definition) is 0. The summed E-state index contributed by atoms with van der Waals surface area (Å²) in [6, 6.07) is 21.0. The van der Waals surface area contributed by atoms with E-state index in [1.807, 2.05) is 31.2 Å². The zero-order chi connectivity index (χ0) is 21.1. The molecular formula is C24H20FN3O2. The third-order valence-corrected chi connectivity index (χ3v) is 4.83. The minimum atomic E-state index is -0.317. The normalized spacial score (nSPS) is 10.8. The summed E-state index contributed by atoms with van der Waals surface area (Å²) in [7, 11) is 1.69. The highest BCUT2D eigenvalue weighted by molar-refractivity contribution is 5.94. The van der Waals surface area contributed by atoms with Crippen LogP contribution in [0.4, 0.5) is 4.39 Å². The lowest BCUT2D eigenvalue weighted by atomic mass is 10.1. The van der Waals surface area contributed by atoms with Gasteiger partial charge in [-0.1, -0.05) is 30.3 Å². The molecule has 1 aromatic heterocycles. The molecule has 4 aromatic rings. The van der Waals surface area contributed by atoms with Crippen molar-refractivity contribution in [1.82, 2.24) is 15.1 Å². The van der Waals surface area contributed by atoms with Gasteiger partial charge in [0.2, 0.25) is 11.8 Å². The highest BCUT2D eigenvalue weighted by Crippen LogP contribution is 2.26. The fourth-order valence-corrected chi connectivity index (χ4v) is 3.22. The van der Waals surface area contributed by atoms with Gasteiger partial charge in [-0.15, -0.1) is 10.2 Å². The van der Waals surface area contributed by atoms with Gasteiger partial charge in [0.1, 0.15) is 5.82 Å². The average Bonchev–Trinajstić information content (AvgIpc) is 3.23. The molecule has 0 spiro atoms. The number of halogens is 1. The second-order valence-electron chi connectivity index (χ2n) is 7.10. The van der Waals surface area contributed by atoms with Crippen LogP contribution < -0.4 is 0 Å². The maximum Gasteiger partial charge on any atom is 0.253 e. The van der Waals surface area contributed by atoms with E-state index >= 15 is 0 Å². The Morgan fingerprint density at radius 1 is 0.967 bits per heavy atom. The Hall–Kier alpha value is -3.80. The van der Waals surface area contributed by atoms with Crippen LogP contribution in [0.5, 0.6) is 0 Å². The van der Waals surface area contributed by atoms with Crippen molar-refractivity contribution in [2.45, 2.75) is 13.5 Å². The minimum Gasteiger partial charge on any atom is -0.416 e. The fraction of sp³-hybridized carbons (Fsp3) is 0.125. The first-order valence-corrected chi connectivity index (χ1v) is 9.51. The molecule has 3 aromatic carbocycles. The Morgan fingerprint density at radius 2 is 1.70 bits per heavy atom. The van der Waals surface area contributed by atoms with Crippen LogP contribution in [0.2, 0.25) is 0 Å². The van der Waals surface area contributed by atoms with Gasteiger partial charge in [-0.3, -0.25) is 4.79 Å². The number of carbonyl (C=O) groups excluding carboxylic acids is 1.